The van der Waals surface area contributed by atoms with Gasteiger partial charge in [0.25, 0.3) is 5.56 Å². The molecule has 4 aromatic rings. The number of thioether (sulfide) groups is 1. The first-order valence-electron chi connectivity index (χ1n) is 10.4. The van der Waals surface area contributed by atoms with Crippen LogP contribution in [0.15, 0.2) is 82.7 Å². The first-order valence-corrected chi connectivity index (χ1v) is 11.8. The van der Waals surface area contributed by atoms with E-state index >= 15 is 0 Å². The normalized spacial score (nSPS) is 10.8. The summed E-state index contributed by atoms with van der Waals surface area (Å²) in [7, 11) is 0. The summed E-state index contributed by atoms with van der Waals surface area (Å²) in [4.78, 5) is 41.6. The average molecular weight is 493 g/mol. The molecule has 2 N–H and O–H groups in total. The lowest BCUT2D eigenvalue weighted by atomic mass is 10.2. The number of carbonyl (C=O) groups is 2. The van der Waals surface area contributed by atoms with Crippen molar-refractivity contribution in [1.82, 2.24) is 9.55 Å². The summed E-state index contributed by atoms with van der Waals surface area (Å²) in [5.41, 5.74) is 2.40. The zero-order valence-corrected chi connectivity index (χ0v) is 19.8. The fraction of sp³-hybridized carbons (Fsp3) is 0.120. The van der Waals surface area contributed by atoms with Gasteiger partial charge in [0, 0.05) is 23.3 Å². The second kappa shape index (κ2) is 10.5. The zero-order valence-electron chi connectivity index (χ0n) is 18.2. The molecule has 0 saturated carbocycles. The number of halogens is 1. The molecule has 172 valence electrons. The van der Waals surface area contributed by atoms with Crippen LogP contribution in [0.3, 0.4) is 0 Å². The van der Waals surface area contributed by atoms with Gasteiger partial charge < -0.3 is 10.6 Å². The number of nitrogens with zero attached hydrogens (tertiary/aromatic N) is 2. The van der Waals surface area contributed by atoms with Gasteiger partial charge >= 0.3 is 0 Å². The Balaban J connectivity index is 1.54. The summed E-state index contributed by atoms with van der Waals surface area (Å²) < 4.78 is 1.55. The second-order valence-electron chi connectivity index (χ2n) is 7.49. The molecule has 3 aromatic carbocycles. The number of rotatable bonds is 7. The topological polar surface area (TPSA) is 93.1 Å². The molecular formula is C25H21ClN4O3S. The standard InChI is InChI=1S/C25H21ClN4O3S/c1-16(31)27-18-10-12-19(13-11-18)28-23(32)15-34-25-29-22-9-5-3-7-20(22)24(33)30(25)14-17-6-2-4-8-21(17)26/h2-13H,14-15H2,1H3,(H,27,31)(H,28,32). The molecule has 1 aromatic heterocycles. The van der Waals surface area contributed by atoms with E-state index in [1.165, 1.54) is 18.7 Å². The number of benzene rings is 3. The summed E-state index contributed by atoms with van der Waals surface area (Å²) in [6.45, 7) is 1.67. The molecule has 2 amide bonds. The Morgan fingerprint density at radius 3 is 2.29 bits per heavy atom. The van der Waals surface area contributed by atoms with E-state index in [0.29, 0.717) is 32.5 Å². The van der Waals surface area contributed by atoms with Crippen LogP contribution in [0.1, 0.15) is 12.5 Å². The minimum atomic E-state index is -0.246. The molecule has 34 heavy (non-hydrogen) atoms. The predicted octanol–water partition coefficient (Wildman–Crippen LogP) is 4.79. The van der Waals surface area contributed by atoms with Gasteiger partial charge in [-0.25, -0.2) is 4.98 Å². The van der Waals surface area contributed by atoms with Gasteiger partial charge in [-0.2, -0.15) is 0 Å². The third kappa shape index (κ3) is 5.65. The number of para-hydroxylation sites is 1. The molecule has 0 saturated heterocycles. The van der Waals surface area contributed by atoms with Crippen molar-refractivity contribution in [3.8, 4) is 0 Å². The predicted molar refractivity (Wildman–Crippen MR) is 137 cm³/mol. The minimum Gasteiger partial charge on any atom is -0.326 e. The van der Waals surface area contributed by atoms with Crippen molar-refractivity contribution < 1.29 is 9.59 Å². The maximum Gasteiger partial charge on any atom is 0.262 e. The van der Waals surface area contributed by atoms with E-state index in [-0.39, 0.29) is 29.7 Å². The largest absolute Gasteiger partial charge is 0.326 e. The van der Waals surface area contributed by atoms with Crippen molar-refractivity contribution in [2.45, 2.75) is 18.6 Å². The number of fused-ring (bicyclic) bond motifs is 1. The van der Waals surface area contributed by atoms with Gasteiger partial charge in [0.15, 0.2) is 5.16 Å². The van der Waals surface area contributed by atoms with Crippen molar-refractivity contribution in [2.24, 2.45) is 0 Å². The van der Waals surface area contributed by atoms with E-state index in [1.54, 1.807) is 53.1 Å². The number of carbonyl (C=O) groups excluding carboxylic acids is 2. The molecule has 1 heterocycles. The molecule has 7 nitrogen and oxygen atoms in total. The maximum atomic E-state index is 13.2. The number of anilines is 2. The van der Waals surface area contributed by atoms with Gasteiger partial charge in [-0.1, -0.05) is 53.7 Å². The van der Waals surface area contributed by atoms with Crippen LogP contribution >= 0.6 is 23.4 Å². The van der Waals surface area contributed by atoms with Crippen LogP contribution in [0.4, 0.5) is 11.4 Å². The number of nitrogens with one attached hydrogen (secondary N) is 2. The number of amides is 2. The Hall–Kier alpha value is -3.62. The summed E-state index contributed by atoms with van der Waals surface area (Å²) in [5, 5.41) is 6.98. The third-order valence-corrected chi connectivity index (χ3v) is 6.28. The highest BCUT2D eigenvalue weighted by molar-refractivity contribution is 7.99. The van der Waals surface area contributed by atoms with E-state index < -0.39 is 0 Å². The van der Waals surface area contributed by atoms with Gasteiger partial charge in [0.2, 0.25) is 11.8 Å². The highest BCUT2D eigenvalue weighted by Gasteiger charge is 2.15. The number of hydrogen-bond acceptors (Lipinski definition) is 5. The lowest BCUT2D eigenvalue weighted by Crippen LogP contribution is -2.25. The highest BCUT2D eigenvalue weighted by atomic mass is 35.5. The van der Waals surface area contributed by atoms with Gasteiger partial charge in [-0.05, 0) is 48.0 Å². The summed E-state index contributed by atoms with van der Waals surface area (Å²) in [6, 6.07) is 21.3. The summed E-state index contributed by atoms with van der Waals surface area (Å²) >= 11 is 7.50. The highest BCUT2D eigenvalue weighted by Crippen LogP contribution is 2.22. The van der Waals surface area contributed by atoms with Gasteiger partial charge in [-0.15, -0.1) is 0 Å². The molecular weight excluding hydrogens is 472 g/mol. The molecule has 0 radical (unpaired) electrons. The van der Waals surface area contributed by atoms with Gasteiger partial charge in [-0.3, -0.25) is 19.0 Å². The molecule has 0 spiro atoms. The molecule has 9 heteroatoms. The summed E-state index contributed by atoms with van der Waals surface area (Å²) in [6.07, 6.45) is 0. The Morgan fingerprint density at radius 1 is 0.941 bits per heavy atom. The lowest BCUT2D eigenvalue weighted by Gasteiger charge is -2.14. The minimum absolute atomic E-state index is 0.0563. The molecule has 0 unspecified atom stereocenters. The van der Waals surface area contributed by atoms with Crippen molar-refractivity contribution >= 4 is 57.5 Å². The molecule has 0 bridgehead atoms. The molecule has 0 atom stereocenters. The maximum absolute atomic E-state index is 13.2. The van der Waals surface area contributed by atoms with Crippen molar-refractivity contribution in [3.05, 3.63) is 93.7 Å². The SMILES string of the molecule is CC(=O)Nc1ccc(NC(=O)CSc2nc3ccccc3c(=O)n2Cc2ccccc2Cl)cc1. The second-order valence-corrected chi connectivity index (χ2v) is 8.84. The fourth-order valence-corrected chi connectivity index (χ4v) is 4.36. The van der Waals surface area contributed by atoms with Gasteiger partial charge in [0.1, 0.15) is 0 Å². The molecule has 4 rings (SSSR count). The fourth-order valence-electron chi connectivity index (χ4n) is 3.36. The van der Waals surface area contributed by atoms with Crippen LogP contribution < -0.4 is 16.2 Å². The van der Waals surface area contributed by atoms with E-state index in [1.807, 2.05) is 24.3 Å². The Bertz CT molecular complexity index is 1420. The zero-order chi connectivity index (χ0) is 24.1. The average Bonchev–Trinajstić information content (AvgIpc) is 2.82. The lowest BCUT2D eigenvalue weighted by molar-refractivity contribution is -0.114. The van der Waals surface area contributed by atoms with Crippen LogP contribution in [-0.4, -0.2) is 27.1 Å². The van der Waals surface area contributed by atoms with Crippen molar-refractivity contribution in [3.63, 3.8) is 0 Å². The number of hydrogen-bond donors (Lipinski definition) is 2. The third-order valence-electron chi connectivity index (χ3n) is 4.93. The first-order chi connectivity index (χ1) is 16.4. The Kier molecular flexibility index (Phi) is 7.30. The van der Waals surface area contributed by atoms with Crippen LogP contribution in [0.5, 0.6) is 0 Å². The molecule has 0 aliphatic heterocycles. The van der Waals surface area contributed by atoms with E-state index in [4.69, 9.17) is 11.6 Å². The van der Waals surface area contributed by atoms with Crippen LogP contribution in [-0.2, 0) is 16.1 Å². The van der Waals surface area contributed by atoms with Crippen LogP contribution in [0.2, 0.25) is 5.02 Å². The van der Waals surface area contributed by atoms with Crippen LogP contribution in [0.25, 0.3) is 10.9 Å². The monoisotopic (exact) mass is 492 g/mol. The molecule has 0 aliphatic rings. The Morgan fingerprint density at radius 2 is 1.59 bits per heavy atom. The van der Waals surface area contributed by atoms with Gasteiger partial charge in [0.05, 0.1) is 23.2 Å². The Labute approximate surface area is 205 Å². The van der Waals surface area contributed by atoms with Crippen LogP contribution in [0, 0.1) is 0 Å². The first kappa shape index (κ1) is 23.5. The van der Waals surface area contributed by atoms with Crippen molar-refractivity contribution in [2.75, 3.05) is 16.4 Å². The summed E-state index contributed by atoms with van der Waals surface area (Å²) in [5.74, 6) is -0.358. The van der Waals surface area contributed by atoms with E-state index in [2.05, 4.69) is 15.6 Å². The van der Waals surface area contributed by atoms with E-state index in [0.717, 1.165) is 5.56 Å². The number of aromatic nitrogens is 2. The smallest absolute Gasteiger partial charge is 0.262 e. The molecule has 0 fully saturated rings. The quantitative estimate of drug-likeness (QED) is 0.286. The van der Waals surface area contributed by atoms with E-state index in [9.17, 15) is 14.4 Å². The molecule has 0 aliphatic carbocycles. The van der Waals surface area contributed by atoms with Crippen molar-refractivity contribution in [1.29, 1.82) is 0 Å².